The van der Waals surface area contributed by atoms with E-state index in [9.17, 15) is 14.4 Å². The minimum atomic E-state index is -0.498. The molecule has 0 amide bonds. The number of benzene rings is 1. The second-order valence-electron chi connectivity index (χ2n) is 8.48. The summed E-state index contributed by atoms with van der Waals surface area (Å²) in [6, 6.07) is 9.94. The number of ether oxygens (including phenoxy) is 2. The average molecular weight is 493 g/mol. The highest BCUT2D eigenvalue weighted by atomic mass is 32.2. The van der Waals surface area contributed by atoms with Crippen LogP contribution in [0.4, 0.5) is 0 Å². The highest BCUT2D eigenvalue weighted by Crippen LogP contribution is 2.24. The molecule has 4 aromatic rings. The van der Waals surface area contributed by atoms with Crippen LogP contribution in [0.2, 0.25) is 0 Å². The summed E-state index contributed by atoms with van der Waals surface area (Å²) in [6.45, 7) is 2.98. The number of rotatable bonds is 6. The first-order valence-corrected chi connectivity index (χ1v) is 12.3. The normalized spacial score (nSPS) is 15.7. The lowest BCUT2D eigenvalue weighted by Crippen LogP contribution is -2.29. The summed E-state index contributed by atoms with van der Waals surface area (Å²) < 4.78 is 13.7. The van der Waals surface area contributed by atoms with E-state index in [0.29, 0.717) is 51.9 Å². The Bertz CT molecular complexity index is 1560. The van der Waals surface area contributed by atoms with Crippen molar-refractivity contribution in [3.05, 3.63) is 80.1 Å². The van der Waals surface area contributed by atoms with Gasteiger partial charge in [-0.15, -0.1) is 0 Å². The van der Waals surface area contributed by atoms with E-state index in [1.54, 1.807) is 35.0 Å². The van der Waals surface area contributed by atoms with Crippen LogP contribution in [0.15, 0.2) is 57.3 Å². The van der Waals surface area contributed by atoms with Gasteiger partial charge in [-0.05, 0) is 49.6 Å². The number of pyridine rings is 1. The van der Waals surface area contributed by atoms with Crippen molar-refractivity contribution in [1.29, 1.82) is 0 Å². The van der Waals surface area contributed by atoms with Gasteiger partial charge in [-0.25, -0.2) is 14.8 Å². The lowest BCUT2D eigenvalue weighted by Gasteiger charge is -2.16. The Kier molecular flexibility index (Phi) is 6.40. The van der Waals surface area contributed by atoms with Gasteiger partial charge in [-0.1, -0.05) is 17.8 Å². The Morgan fingerprint density at radius 1 is 1.20 bits per heavy atom. The van der Waals surface area contributed by atoms with Gasteiger partial charge < -0.3 is 9.47 Å². The maximum Gasteiger partial charge on any atom is 0.337 e. The standard InChI is InChI=1S/C25H24N4O5S/c1-15-5-8-21-26-17(11-22(30)28(21)12-15)14-35-25-27-20-10-16(24(32)33-2)6-7-19(20)23(31)29(25)13-18-4-3-9-34-18/h5-8,10-12,18H,3-4,9,13-14H2,1-2H3. The van der Waals surface area contributed by atoms with Crippen molar-refractivity contribution in [2.75, 3.05) is 13.7 Å². The maximum atomic E-state index is 13.4. The summed E-state index contributed by atoms with van der Waals surface area (Å²) >= 11 is 1.32. The fourth-order valence-electron chi connectivity index (χ4n) is 4.18. The summed E-state index contributed by atoms with van der Waals surface area (Å²) in [7, 11) is 1.31. The van der Waals surface area contributed by atoms with Crippen LogP contribution in [-0.2, 0) is 21.8 Å². The third-order valence-electron chi connectivity index (χ3n) is 5.96. The van der Waals surface area contributed by atoms with Gasteiger partial charge >= 0.3 is 5.97 Å². The van der Waals surface area contributed by atoms with Gasteiger partial charge in [0.2, 0.25) is 0 Å². The highest BCUT2D eigenvalue weighted by molar-refractivity contribution is 7.98. The van der Waals surface area contributed by atoms with Crippen molar-refractivity contribution in [1.82, 2.24) is 18.9 Å². The molecule has 0 radical (unpaired) electrons. The van der Waals surface area contributed by atoms with Crippen molar-refractivity contribution < 1.29 is 14.3 Å². The number of aromatic nitrogens is 4. The average Bonchev–Trinajstić information content (AvgIpc) is 3.37. The number of thioether (sulfide) groups is 1. The molecule has 180 valence electrons. The summed E-state index contributed by atoms with van der Waals surface area (Å²) in [5, 5.41) is 0.892. The molecule has 5 rings (SSSR count). The number of hydrogen-bond acceptors (Lipinski definition) is 8. The van der Waals surface area contributed by atoms with Crippen LogP contribution in [0.25, 0.3) is 16.6 Å². The van der Waals surface area contributed by atoms with Crippen molar-refractivity contribution in [3.63, 3.8) is 0 Å². The quantitative estimate of drug-likeness (QED) is 0.230. The lowest BCUT2D eigenvalue weighted by molar-refractivity contribution is 0.0601. The molecule has 1 saturated heterocycles. The molecular formula is C25H24N4O5S. The van der Waals surface area contributed by atoms with Gasteiger partial charge in [0.05, 0.1) is 41.9 Å². The third kappa shape index (κ3) is 4.71. The summed E-state index contributed by atoms with van der Waals surface area (Å²) in [6.07, 6.45) is 3.52. The summed E-state index contributed by atoms with van der Waals surface area (Å²) in [5.74, 6) is -0.151. The fraction of sp³-hybridized carbons (Fsp3) is 0.320. The van der Waals surface area contributed by atoms with E-state index < -0.39 is 5.97 Å². The van der Waals surface area contributed by atoms with Gasteiger partial charge in [-0.3, -0.25) is 18.6 Å². The largest absolute Gasteiger partial charge is 0.465 e. The van der Waals surface area contributed by atoms with Gasteiger partial charge in [-0.2, -0.15) is 0 Å². The Balaban J connectivity index is 1.54. The SMILES string of the molecule is COC(=O)c1ccc2c(=O)n(CC3CCCO3)c(SCc3cc(=O)n4cc(C)ccc4n3)nc2c1. The molecule has 10 heteroatoms. The first kappa shape index (κ1) is 23.3. The Labute approximate surface area is 204 Å². The van der Waals surface area contributed by atoms with Crippen LogP contribution in [0.1, 0.15) is 34.5 Å². The zero-order valence-electron chi connectivity index (χ0n) is 19.4. The van der Waals surface area contributed by atoms with E-state index in [1.807, 2.05) is 13.0 Å². The Morgan fingerprint density at radius 3 is 2.83 bits per heavy atom. The second-order valence-corrected chi connectivity index (χ2v) is 9.42. The minimum absolute atomic E-state index is 0.0627. The van der Waals surface area contributed by atoms with E-state index in [1.165, 1.54) is 29.3 Å². The smallest absolute Gasteiger partial charge is 0.337 e. The molecule has 1 atom stereocenters. The highest BCUT2D eigenvalue weighted by Gasteiger charge is 2.21. The topological polar surface area (TPSA) is 105 Å². The molecule has 0 bridgehead atoms. The molecule has 0 spiro atoms. The van der Waals surface area contributed by atoms with Crippen molar-refractivity contribution >= 4 is 34.3 Å². The van der Waals surface area contributed by atoms with Crippen LogP contribution in [0.3, 0.4) is 0 Å². The molecule has 0 aliphatic carbocycles. The predicted octanol–water partition coefficient (Wildman–Crippen LogP) is 2.97. The van der Waals surface area contributed by atoms with E-state index in [2.05, 4.69) is 4.98 Å². The number of esters is 1. The molecule has 35 heavy (non-hydrogen) atoms. The van der Waals surface area contributed by atoms with Gasteiger partial charge in [0, 0.05) is 24.6 Å². The number of carbonyl (C=O) groups is 1. The van der Waals surface area contributed by atoms with Crippen LogP contribution in [0.5, 0.6) is 0 Å². The minimum Gasteiger partial charge on any atom is -0.465 e. The zero-order chi connectivity index (χ0) is 24.5. The van der Waals surface area contributed by atoms with Crippen LogP contribution in [-0.4, -0.2) is 44.7 Å². The molecule has 1 aromatic carbocycles. The fourth-order valence-corrected chi connectivity index (χ4v) is 5.08. The van der Waals surface area contributed by atoms with Gasteiger partial charge in [0.25, 0.3) is 11.1 Å². The Morgan fingerprint density at radius 2 is 2.06 bits per heavy atom. The van der Waals surface area contributed by atoms with E-state index >= 15 is 0 Å². The molecule has 3 aromatic heterocycles. The molecule has 1 aliphatic heterocycles. The summed E-state index contributed by atoms with van der Waals surface area (Å²) in [5.41, 5.74) is 2.47. The Hall–Kier alpha value is -3.50. The molecule has 1 aliphatic rings. The van der Waals surface area contributed by atoms with Crippen molar-refractivity contribution in [2.45, 2.75) is 43.3 Å². The van der Waals surface area contributed by atoms with Crippen LogP contribution in [0, 0.1) is 6.92 Å². The molecule has 0 saturated carbocycles. The van der Waals surface area contributed by atoms with E-state index in [0.717, 1.165) is 18.4 Å². The van der Waals surface area contributed by atoms with E-state index in [4.69, 9.17) is 14.5 Å². The molecule has 0 N–H and O–H groups in total. The maximum absolute atomic E-state index is 13.4. The number of aryl methyl sites for hydroxylation is 1. The molecule has 9 nitrogen and oxygen atoms in total. The predicted molar refractivity (Wildman–Crippen MR) is 132 cm³/mol. The van der Waals surface area contributed by atoms with Crippen LogP contribution < -0.4 is 11.1 Å². The van der Waals surface area contributed by atoms with Crippen molar-refractivity contribution in [3.8, 4) is 0 Å². The van der Waals surface area contributed by atoms with Crippen LogP contribution >= 0.6 is 11.8 Å². The van der Waals surface area contributed by atoms with Gasteiger partial charge in [0.1, 0.15) is 5.65 Å². The van der Waals surface area contributed by atoms with Gasteiger partial charge in [0.15, 0.2) is 5.16 Å². The number of methoxy groups -OCH3 is 1. The lowest BCUT2D eigenvalue weighted by atomic mass is 10.1. The molecule has 4 heterocycles. The second kappa shape index (κ2) is 9.63. The molecular weight excluding hydrogens is 468 g/mol. The zero-order valence-corrected chi connectivity index (χ0v) is 20.2. The first-order valence-electron chi connectivity index (χ1n) is 11.3. The van der Waals surface area contributed by atoms with E-state index in [-0.39, 0.29) is 17.2 Å². The number of hydrogen-bond donors (Lipinski definition) is 0. The molecule has 1 unspecified atom stereocenters. The monoisotopic (exact) mass is 492 g/mol. The molecule has 1 fully saturated rings. The first-order chi connectivity index (χ1) is 16.9. The third-order valence-corrected chi connectivity index (χ3v) is 6.97. The summed E-state index contributed by atoms with van der Waals surface area (Å²) in [4.78, 5) is 47.3. The van der Waals surface area contributed by atoms with Crippen molar-refractivity contribution in [2.24, 2.45) is 0 Å². The number of carbonyl (C=O) groups excluding carboxylic acids is 1. The number of nitrogens with zero attached hydrogens (tertiary/aromatic N) is 4. The number of fused-ring (bicyclic) bond motifs is 2.